The van der Waals surface area contributed by atoms with Gasteiger partial charge in [0.2, 0.25) is 0 Å². The summed E-state index contributed by atoms with van der Waals surface area (Å²) in [5, 5.41) is 9.79. The Bertz CT molecular complexity index is 988. The van der Waals surface area contributed by atoms with Gasteiger partial charge in [-0.3, -0.25) is 0 Å². The Kier molecular flexibility index (Phi) is 8.89. The van der Waals surface area contributed by atoms with Crippen LogP contribution in [-0.4, -0.2) is 38.8 Å². The van der Waals surface area contributed by atoms with E-state index < -0.39 is 11.7 Å². The number of hydrogen-bond donors (Lipinski definition) is 4. The fraction of sp³-hybridized carbons (Fsp3) is 0.500. The van der Waals surface area contributed by atoms with Gasteiger partial charge in [-0.25, -0.2) is 0 Å². The van der Waals surface area contributed by atoms with E-state index >= 15 is 0 Å². The molecule has 0 bridgehead atoms. The lowest BCUT2D eigenvalue weighted by Crippen LogP contribution is -2.26. The van der Waals surface area contributed by atoms with Crippen molar-refractivity contribution in [2.45, 2.75) is 48.7 Å². The van der Waals surface area contributed by atoms with Gasteiger partial charge in [0.05, 0.1) is 22.6 Å². The first-order valence-corrected chi connectivity index (χ1v) is 12.3. The fourth-order valence-electron chi connectivity index (χ4n) is 4.58. The summed E-state index contributed by atoms with van der Waals surface area (Å²) in [5.41, 5.74) is 8.05. The molecule has 2 aliphatic heterocycles. The van der Waals surface area contributed by atoms with Crippen LogP contribution < -0.4 is 26.6 Å². The fourth-order valence-corrected chi connectivity index (χ4v) is 5.68. The summed E-state index contributed by atoms with van der Waals surface area (Å²) in [6.45, 7) is 8.09. The van der Waals surface area contributed by atoms with Crippen LogP contribution >= 0.6 is 24.2 Å². The van der Waals surface area contributed by atoms with Crippen molar-refractivity contribution >= 4 is 46.9 Å². The molecular formula is C24H33ClF3N5S. The molecule has 10 heteroatoms. The average Bonchev–Trinajstić information content (AvgIpc) is 3.11. The third-order valence-electron chi connectivity index (χ3n) is 6.16. The Morgan fingerprint density at radius 3 is 2.59 bits per heavy atom. The predicted octanol–water partition coefficient (Wildman–Crippen LogP) is 5.92. The molecule has 2 unspecified atom stereocenters. The molecule has 188 valence electrons. The molecule has 2 aromatic rings. The van der Waals surface area contributed by atoms with E-state index in [0.717, 1.165) is 48.7 Å². The Hall–Kier alpha value is -1.81. The normalized spacial score (nSPS) is 19.2. The number of rotatable bonds is 8. The van der Waals surface area contributed by atoms with E-state index in [1.54, 1.807) is 0 Å². The van der Waals surface area contributed by atoms with Crippen molar-refractivity contribution in [3.05, 3.63) is 35.9 Å². The quantitative estimate of drug-likeness (QED) is 0.279. The maximum absolute atomic E-state index is 13.6. The van der Waals surface area contributed by atoms with Crippen LogP contribution in [0.3, 0.4) is 0 Å². The van der Waals surface area contributed by atoms with Crippen LogP contribution in [0, 0.1) is 5.92 Å². The first kappa shape index (κ1) is 26.8. The van der Waals surface area contributed by atoms with Gasteiger partial charge in [-0.2, -0.15) is 13.2 Å². The molecule has 2 aliphatic rings. The van der Waals surface area contributed by atoms with Crippen molar-refractivity contribution < 1.29 is 13.2 Å². The summed E-state index contributed by atoms with van der Waals surface area (Å²) in [4.78, 5) is 3.92. The number of halogens is 4. The molecule has 5 nitrogen and oxygen atoms in total. The summed E-state index contributed by atoms with van der Waals surface area (Å²) < 4.78 is 40.9. The number of benzene rings is 2. The summed E-state index contributed by atoms with van der Waals surface area (Å²) in [5.74, 6) is 0.635. The molecular weight excluding hydrogens is 483 g/mol. The molecule has 0 aliphatic carbocycles. The summed E-state index contributed by atoms with van der Waals surface area (Å²) in [6, 6.07) is 9.14. The number of alkyl halides is 3. The van der Waals surface area contributed by atoms with Crippen molar-refractivity contribution in [3.8, 4) is 0 Å². The van der Waals surface area contributed by atoms with Crippen molar-refractivity contribution in [1.82, 2.24) is 5.32 Å². The number of nitrogens with zero attached hydrogens (tertiary/aromatic N) is 1. The highest BCUT2D eigenvalue weighted by Crippen LogP contribution is 2.50. The van der Waals surface area contributed by atoms with Crippen LogP contribution in [0.5, 0.6) is 0 Å². The molecule has 1 fully saturated rings. The van der Waals surface area contributed by atoms with Crippen LogP contribution in [0.25, 0.3) is 0 Å². The number of fused-ring (bicyclic) bond motifs is 2. The summed E-state index contributed by atoms with van der Waals surface area (Å²) in [6.07, 6.45) is -2.47. The Labute approximate surface area is 209 Å². The van der Waals surface area contributed by atoms with E-state index in [-0.39, 0.29) is 12.4 Å². The lowest BCUT2D eigenvalue weighted by atomic mass is 10.1. The number of hydrogen-bond acceptors (Lipinski definition) is 6. The van der Waals surface area contributed by atoms with E-state index in [1.807, 2.05) is 6.07 Å². The second-order valence-corrected chi connectivity index (χ2v) is 10.0. The van der Waals surface area contributed by atoms with Crippen molar-refractivity contribution in [2.75, 3.05) is 48.3 Å². The molecule has 2 atom stereocenters. The highest BCUT2D eigenvalue weighted by atomic mass is 35.5. The van der Waals surface area contributed by atoms with Gasteiger partial charge in [-0.1, -0.05) is 18.7 Å². The zero-order valence-electron chi connectivity index (χ0n) is 19.5. The van der Waals surface area contributed by atoms with Gasteiger partial charge in [0.25, 0.3) is 0 Å². The molecule has 0 radical (unpaired) electrons. The van der Waals surface area contributed by atoms with Crippen LogP contribution in [0.2, 0.25) is 0 Å². The molecule has 4 rings (SSSR count). The van der Waals surface area contributed by atoms with E-state index in [9.17, 15) is 13.2 Å². The third-order valence-corrected chi connectivity index (χ3v) is 7.26. The Balaban J connectivity index is 0.00000324. The molecule has 1 saturated heterocycles. The van der Waals surface area contributed by atoms with Crippen LogP contribution in [0.1, 0.15) is 32.3 Å². The Morgan fingerprint density at radius 2 is 1.91 bits per heavy atom. The van der Waals surface area contributed by atoms with Gasteiger partial charge in [-0.05, 0) is 62.6 Å². The Morgan fingerprint density at radius 1 is 1.12 bits per heavy atom. The maximum Gasteiger partial charge on any atom is 0.416 e. The number of nitrogens with one attached hydrogen (secondary N) is 3. The van der Waals surface area contributed by atoms with Gasteiger partial charge < -0.3 is 26.6 Å². The van der Waals surface area contributed by atoms with Crippen molar-refractivity contribution in [1.29, 1.82) is 0 Å². The molecule has 2 aromatic carbocycles. The third kappa shape index (κ3) is 6.05. The molecule has 0 aromatic heterocycles. The standard InChI is InChI=1S/C24H32F3N5S.ClH/c1-15-10-16(2)32(14-15)18-4-5-19-21(13-18)33-22-12-17(24(25,26)27)11-20(23(22)31-19)30-8-3-7-29-9-6-28;/h4-5,11-13,15-16,29-31H,3,6-10,14,28H2,1-2H3;1H. The predicted molar refractivity (Wildman–Crippen MR) is 138 cm³/mol. The van der Waals surface area contributed by atoms with Gasteiger partial charge in [0, 0.05) is 47.7 Å². The molecule has 2 heterocycles. The molecule has 5 N–H and O–H groups in total. The van der Waals surface area contributed by atoms with Crippen LogP contribution in [-0.2, 0) is 6.18 Å². The van der Waals surface area contributed by atoms with Gasteiger partial charge in [0.1, 0.15) is 0 Å². The first-order chi connectivity index (χ1) is 15.8. The van der Waals surface area contributed by atoms with E-state index in [0.29, 0.717) is 41.3 Å². The van der Waals surface area contributed by atoms with E-state index in [4.69, 9.17) is 5.73 Å². The minimum Gasteiger partial charge on any atom is -0.383 e. The average molecular weight is 516 g/mol. The lowest BCUT2D eigenvalue weighted by molar-refractivity contribution is -0.137. The second kappa shape index (κ2) is 11.3. The topological polar surface area (TPSA) is 65.3 Å². The highest BCUT2D eigenvalue weighted by molar-refractivity contribution is 7.99. The maximum atomic E-state index is 13.6. The van der Waals surface area contributed by atoms with E-state index in [1.165, 1.54) is 23.9 Å². The summed E-state index contributed by atoms with van der Waals surface area (Å²) >= 11 is 1.40. The molecule has 0 spiro atoms. The molecule has 34 heavy (non-hydrogen) atoms. The largest absolute Gasteiger partial charge is 0.416 e. The van der Waals surface area contributed by atoms with Gasteiger partial charge in [0.15, 0.2) is 0 Å². The van der Waals surface area contributed by atoms with Crippen molar-refractivity contribution in [3.63, 3.8) is 0 Å². The van der Waals surface area contributed by atoms with E-state index in [2.05, 4.69) is 46.8 Å². The van der Waals surface area contributed by atoms with Gasteiger partial charge >= 0.3 is 6.18 Å². The first-order valence-electron chi connectivity index (χ1n) is 11.5. The summed E-state index contributed by atoms with van der Waals surface area (Å²) in [7, 11) is 0. The van der Waals surface area contributed by atoms with Crippen LogP contribution in [0.4, 0.5) is 35.9 Å². The number of nitrogens with two attached hydrogens (primary N) is 1. The second-order valence-electron chi connectivity index (χ2n) is 8.96. The molecule has 0 amide bonds. The van der Waals surface area contributed by atoms with Gasteiger partial charge in [-0.15, -0.1) is 12.4 Å². The zero-order chi connectivity index (χ0) is 23.6. The van der Waals surface area contributed by atoms with Crippen molar-refractivity contribution in [2.24, 2.45) is 11.7 Å². The molecule has 0 saturated carbocycles. The minimum absolute atomic E-state index is 0. The smallest absolute Gasteiger partial charge is 0.383 e. The highest BCUT2D eigenvalue weighted by Gasteiger charge is 2.34. The monoisotopic (exact) mass is 515 g/mol. The minimum atomic E-state index is -4.40. The lowest BCUT2D eigenvalue weighted by Gasteiger charge is -2.28. The number of anilines is 4. The zero-order valence-corrected chi connectivity index (χ0v) is 21.1. The van der Waals surface area contributed by atoms with Crippen LogP contribution in [0.15, 0.2) is 40.1 Å². The SMILES string of the molecule is CC1CC(C)N(c2ccc3c(c2)Sc2cc(C(F)(F)F)cc(NCCCNCCN)c2N3)C1.Cl.